The first-order chi connectivity index (χ1) is 15.0. The highest BCUT2D eigenvalue weighted by Crippen LogP contribution is 2.40. The number of benzene rings is 2. The second-order valence-electron chi connectivity index (χ2n) is 7.61. The van der Waals surface area contributed by atoms with E-state index in [-0.39, 0.29) is 47.8 Å². The minimum absolute atomic E-state index is 0. The standard InChI is InChI=1S/C22H20N4O5.2ClH/c27-18-5-4-15-21(28)19(31-22(15)16(18)12-25-8-6-23-7-9-25)10-13-11-24-20-14(13)2-1-3-17(20)26(29)30;;/h1-5,10-11,23-24,27H,6-9,12H2;2*1H. The van der Waals surface area contributed by atoms with Gasteiger partial charge in [-0.25, -0.2) is 0 Å². The third-order valence-corrected chi connectivity index (χ3v) is 5.72. The van der Waals surface area contributed by atoms with Gasteiger partial charge in [0.05, 0.1) is 16.1 Å². The smallest absolute Gasteiger partial charge is 0.293 e. The van der Waals surface area contributed by atoms with E-state index in [1.807, 2.05) is 0 Å². The summed E-state index contributed by atoms with van der Waals surface area (Å²) in [5.41, 5.74) is 1.96. The summed E-state index contributed by atoms with van der Waals surface area (Å²) >= 11 is 0. The molecule has 3 N–H and O–H groups in total. The van der Waals surface area contributed by atoms with E-state index in [1.54, 1.807) is 30.5 Å². The van der Waals surface area contributed by atoms with Crippen molar-refractivity contribution in [3.8, 4) is 11.5 Å². The molecule has 2 aromatic carbocycles. The number of Topliss-reactive ketones (excluding diaryl/α,β-unsaturated/α-hetero) is 1. The van der Waals surface area contributed by atoms with E-state index in [2.05, 4.69) is 15.2 Å². The number of allylic oxidation sites excluding steroid dienone is 1. The number of hydrogen-bond acceptors (Lipinski definition) is 7. The number of ketones is 1. The summed E-state index contributed by atoms with van der Waals surface area (Å²) in [6.07, 6.45) is 3.19. The summed E-state index contributed by atoms with van der Waals surface area (Å²) in [4.78, 5) is 28.9. The van der Waals surface area contributed by atoms with Crippen LogP contribution in [0.3, 0.4) is 0 Å². The summed E-state index contributed by atoms with van der Waals surface area (Å²) in [5.74, 6) is 0.306. The number of aromatic nitrogens is 1. The minimum atomic E-state index is -0.450. The van der Waals surface area contributed by atoms with Crippen molar-refractivity contribution >= 4 is 53.3 Å². The fourth-order valence-electron chi connectivity index (χ4n) is 4.12. The Morgan fingerprint density at radius 2 is 1.94 bits per heavy atom. The third-order valence-electron chi connectivity index (χ3n) is 5.72. The van der Waals surface area contributed by atoms with E-state index in [0.29, 0.717) is 39.9 Å². The lowest BCUT2D eigenvalue weighted by Gasteiger charge is -2.27. The number of carbonyl (C=O) groups excluding carboxylic acids is 1. The summed E-state index contributed by atoms with van der Waals surface area (Å²) in [7, 11) is 0. The number of aromatic amines is 1. The molecule has 2 aliphatic rings. The van der Waals surface area contributed by atoms with Gasteiger partial charge in [-0.15, -0.1) is 24.8 Å². The van der Waals surface area contributed by atoms with E-state index in [9.17, 15) is 20.0 Å². The van der Waals surface area contributed by atoms with Gasteiger partial charge in [0.15, 0.2) is 5.76 Å². The van der Waals surface area contributed by atoms with Crippen LogP contribution in [-0.4, -0.2) is 51.9 Å². The Labute approximate surface area is 201 Å². The van der Waals surface area contributed by atoms with Crippen LogP contribution in [0.2, 0.25) is 0 Å². The number of H-pyrrole nitrogens is 1. The van der Waals surface area contributed by atoms with Crippen LogP contribution in [0.15, 0.2) is 42.3 Å². The molecule has 1 fully saturated rings. The highest BCUT2D eigenvalue weighted by molar-refractivity contribution is 6.15. The van der Waals surface area contributed by atoms with Gasteiger partial charge in [0.1, 0.15) is 17.0 Å². The van der Waals surface area contributed by atoms with E-state index in [1.165, 1.54) is 12.1 Å². The van der Waals surface area contributed by atoms with Gasteiger partial charge in [-0.2, -0.15) is 0 Å². The maximum absolute atomic E-state index is 13.0. The molecular formula is C22H22Cl2N4O5. The topological polar surface area (TPSA) is 121 Å². The molecule has 2 aliphatic heterocycles. The Bertz CT molecular complexity index is 1250. The number of nitro benzene ring substituents is 1. The molecule has 33 heavy (non-hydrogen) atoms. The molecule has 0 spiro atoms. The van der Waals surface area contributed by atoms with Crippen molar-refractivity contribution in [1.82, 2.24) is 15.2 Å². The van der Waals surface area contributed by atoms with Crippen LogP contribution in [0.5, 0.6) is 11.5 Å². The zero-order valence-electron chi connectivity index (χ0n) is 17.4. The number of ether oxygens (including phenoxy) is 1. The molecule has 9 nitrogen and oxygen atoms in total. The molecule has 174 valence electrons. The Hall–Kier alpha value is -3.11. The molecule has 0 radical (unpaired) electrons. The largest absolute Gasteiger partial charge is 0.507 e. The van der Waals surface area contributed by atoms with Gasteiger partial charge in [-0.05, 0) is 18.2 Å². The van der Waals surface area contributed by atoms with Crippen molar-refractivity contribution in [1.29, 1.82) is 0 Å². The lowest BCUT2D eigenvalue weighted by Crippen LogP contribution is -2.42. The first kappa shape index (κ1) is 24.5. The summed E-state index contributed by atoms with van der Waals surface area (Å²) in [6.45, 7) is 3.90. The van der Waals surface area contributed by atoms with Gasteiger partial charge in [-0.3, -0.25) is 19.8 Å². The number of halogens is 2. The van der Waals surface area contributed by atoms with E-state index in [4.69, 9.17) is 4.74 Å². The van der Waals surface area contributed by atoms with Gasteiger partial charge in [0, 0.05) is 55.9 Å². The van der Waals surface area contributed by atoms with Crippen molar-refractivity contribution in [2.75, 3.05) is 26.2 Å². The fraction of sp³-hybridized carbons (Fsp3) is 0.227. The molecule has 3 heterocycles. The zero-order valence-corrected chi connectivity index (χ0v) is 19.0. The van der Waals surface area contributed by atoms with Crippen molar-refractivity contribution in [3.63, 3.8) is 0 Å². The maximum Gasteiger partial charge on any atom is 0.293 e. The summed E-state index contributed by atoms with van der Waals surface area (Å²) in [5, 5.41) is 25.6. The Kier molecular flexibility index (Phi) is 7.28. The predicted molar refractivity (Wildman–Crippen MR) is 129 cm³/mol. The molecule has 0 aliphatic carbocycles. The van der Waals surface area contributed by atoms with Crippen LogP contribution >= 0.6 is 24.8 Å². The van der Waals surface area contributed by atoms with Crippen LogP contribution in [0.1, 0.15) is 21.5 Å². The second kappa shape index (κ2) is 9.80. The number of nitro groups is 1. The molecule has 0 unspecified atom stereocenters. The molecule has 1 aromatic heterocycles. The SMILES string of the molecule is Cl.Cl.O=C1C(=Cc2c[nH]c3c([N+](=O)[O-])cccc23)Oc2c1ccc(O)c2CN1CCNCC1. The Balaban J connectivity index is 0.00000153. The summed E-state index contributed by atoms with van der Waals surface area (Å²) in [6, 6.07) is 7.87. The number of fused-ring (bicyclic) bond motifs is 2. The van der Waals surface area contributed by atoms with Gasteiger partial charge in [-0.1, -0.05) is 12.1 Å². The average molecular weight is 493 g/mol. The number of phenols is 1. The summed E-state index contributed by atoms with van der Waals surface area (Å²) < 4.78 is 5.93. The molecule has 0 amide bonds. The second-order valence-corrected chi connectivity index (χ2v) is 7.61. The number of rotatable bonds is 4. The number of carbonyl (C=O) groups is 1. The average Bonchev–Trinajstić information content (AvgIpc) is 3.32. The predicted octanol–water partition coefficient (Wildman–Crippen LogP) is 3.65. The molecule has 0 bridgehead atoms. The van der Waals surface area contributed by atoms with Crippen molar-refractivity contribution < 1.29 is 19.6 Å². The Morgan fingerprint density at radius 3 is 2.67 bits per heavy atom. The molecule has 3 aromatic rings. The number of non-ortho nitro benzene ring substituents is 1. The zero-order chi connectivity index (χ0) is 21.5. The third kappa shape index (κ3) is 4.40. The van der Waals surface area contributed by atoms with Gasteiger partial charge in [0.2, 0.25) is 5.78 Å². The van der Waals surface area contributed by atoms with Crippen molar-refractivity contribution in [2.24, 2.45) is 0 Å². The van der Waals surface area contributed by atoms with Crippen molar-refractivity contribution in [3.05, 3.63) is 69.1 Å². The van der Waals surface area contributed by atoms with Gasteiger partial charge < -0.3 is 20.1 Å². The molecule has 0 saturated carbocycles. The number of para-hydroxylation sites is 1. The van der Waals surface area contributed by atoms with E-state index in [0.717, 1.165) is 26.2 Å². The van der Waals surface area contributed by atoms with Crippen LogP contribution in [0, 0.1) is 10.1 Å². The highest BCUT2D eigenvalue weighted by atomic mass is 35.5. The van der Waals surface area contributed by atoms with Crippen LogP contribution in [-0.2, 0) is 6.54 Å². The van der Waals surface area contributed by atoms with E-state index < -0.39 is 4.92 Å². The lowest BCUT2D eigenvalue weighted by atomic mass is 10.0. The highest BCUT2D eigenvalue weighted by Gasteiger charge is 2.32. The number of phenolic OH excluding ortho intramolecular Hbond substituents is 1. The Morgan fingerprint density at radius 1 is 1.18 bits per heavy atom. The first-order valence-electron chi connectivity index (χ1n) is 9.99. The maximum atomic E-state index is 13.0. The number of nitrogens with zero attached hydrogens (tertiary/aromatic N) is 2. The number of nitrogens with one attached hydrogen (secondary N) is 2. The molecule has 5 rings (SSSR count). The van der Waals surface area contributed by atoms with Gasteiger partial charge in [0.25, 0.3) is 5.69 Å². The number of aromatic hydroxyl groups is 1. The van der Waals surface area contributed by atoms with Crippen LogP contribution in [0.25, 0.3) is 17.0 Å². The quantitative estimate of drug-likeness (QED) is 0.288. The normalized spacial score (nSPS) is 16.7. The monoisotopic (exact) mass is 492 g/mol. The molecular weight excluding hydrogens is 471 g/mol. The first-order valence-corrected chi connectivity index (χ1v) is 9.99. The molecule has 1 saturated heterocycles. The fourth-order valence-corrected chi connectivity index (χ4v) is 4.12. The molecule has 11 heteroatoms. The van der Waals surface area contributed by atoms with Crippen LogP contribution in [0.4, 0.5) is 5.69 Å². The van der Waals surface area contributed by atoms with E-state index >= 15 is 0 Å². The van der Waals surface area contributed by atoms with Crippen LogP contribution < -0.4 is 10.1 Å². The molecule has 0 atom stereocenters. The number of piperazine rings is 1. The number of hydrogen-bond donors (Lipinski definition) is 3. The lowest BCUT2D eigenvalue weighted by molar-refractivity contribution is -0.383. The van der Waals surface area contributed by atoms with Gasteiger partial charge >= 0.3 is 0 Å². The minimum Gasteiger partial charge on any atom is -0.507 e. The van der Waals surface area contributed by atoms with Crippen molar-refractivity contribution in [2.45, 2.75) is 6.54 Å².